The van der Waals surface area contributed by atoms with Gasteiger partial charge in [-0.3, -0.25) is 9.69 Å². The Bertz CT molecular complexity index is 1000. The van der Waals surface area contributed by atoms with Gasteiger partial charge >= 0.3 is 0 Å². The minimum Gasteiger partial charge on any atom is -0.492 e. The van der Waals surface area contributed by atoms with E-state index in [2.05, 4.69) is 33.3 Å². The Labute approximate surface area is 198 Å². The Morgan fingerprint density at radius 3 is 2.72 bits per heavy atom. The van der Waals surface area contributed by atoms with Crippen LogP contribution in [-0.4, -0.2) is 67.4 Å². The van der Waals surface area contributed by atoms with Gasteiger partial charge in [-0.05, 0) is 31.2 Å². The summed E-state index contributed by atoms with van der Waals surface area (Å²) in [6.45, 7) is 8.09. The first-order valence-corrected chi connectivity index (χ1v) is 13.0. The van der Waals surface area contributed by atoms with Gasteiger partial charge in [0.25, 0.3) is 0 Å². The fourth-order valence-corrected chi connectivity index (χ4v) is 5.61. The van der Waals surface area contributed by atoms with E-state index in [-0.39, 0.29) is 5.91 Å². The highest BCUT2D eigenvalue weighted by Crippen LogP contribution is 2.34. The van der Waals surface area contributed by atoms with Crippen LogP contribution in [-0.2, 0) is 4.79 Å². The molecule has 0 unspecified atom stereocenters. The number of fused-ring (bicyclic) bond motifs is 1. The number of rotatable bonds is 10. The van der Waals surface area contributed by atoms with E-state index in [4.69, 9.17) is 9.72 Å². The Morgan fingerprint density at radius 1 is 1.12 bits per heavy atom. The maximum Gasteiger partial charge on any atom is 0.220 e. The number of piperazine rings is 1. The second-order valence-electron chi connectivity index (χ2n) is 7.62. The number of hydrogen-bond acceptors (Lipinski definition) is 7. The standard InChI is InChI=1S/C24H30N4O2S2/c1-2-30-20-9-6-10-21-23(20)26-24(32-21)28-16-14-27(15-17-28)13-12-25-22(29)11-18-31-19-7-4-3-5-8-19/h3-10H,2,11-18H2,1H3,(H,25,29). The van der Waals surface area contributed by atoms with Crippen LogP contribution in [0.2, 0.25) is 0 Å². The zero-order valence-corrected chi connectivity index (χ0v) is 20.1. The second kappa shape index (κ2) is 11.5. The SMILES string of the molecule is CCOc1cccc2sc(N3CCN(CCNC(=O)CCSc4ccccc4)CC3)nc12. The highest BCUT2D eigenvalue weighted by atomic mass is 32.2. The molecule has 32 heavy (non-hydrogen) atoms. The molecule has 0 radical (unpaired) electrons. The molecule has 1 aliphatic heterocycles. The average molecular weight is 471 g/mol. The second-order valence-corrected chi connectivity index (χ2v) is 9.80. The van der Waals surface area contributed by atoms with Crippen LogP contribution >= 0.6 is 23.1 Å². The van der Waals surface area contributed by atoms with Gasteiger partial charge in [0.05, 0.1) is 11.3 Å². The van der Waals surface area contributed by atoms with E-state index in [9.17, 15) is 4.79 Å². The molecule has 1 saturated heterocycles. The van der Waals surface area contributed by atoms with Crippen molar-refractivity contribution < 1.29 is 9.53 Å². The third-order valence-electron chi connectivity index (χ3n) is 5.40. The van der Waals surface area contributed by atoms with Gasteiger partial charge < -0.3 is 15.0 Å². The van der Waals surface area contributed by atoms with Crippen molar-refractivity contribution >= 4 is 44.4 Å². The summed E-state index contributed by atoms with van der Waals surface area (Å²) in [5.41, 5.74) is 0.963. The number of hydrogen-bond donors (Lipinski definition) is 1. The summed E-state index contributed by atoms with van der Waals surface area (Å²) in [7, 11) is 0. The smallest absolute Gasteiger partial charge is 0.220 e. The summed E-state index contributed by atoms with van der Waals surface area (Å²) in [5.74, 6) is 1.80. The monoisotopic (exact) mass is 470 g/mol. The Hall–Kier alpha value is -2.29. The highest BCUT2D eigenvalue weighted by molar-refractivity contribution is 7.99. The molecule has 2 aromatic carbocycles. The lowest BCUT2D eigenvalue weighted by molar-refractivity contribution is -0.120. The minimum absolute atomic E-state index is 0.131. The summed E-state index contributed by atoms with van der Waals surface area (Å²) in [6.07, 6.45) is 0.550. The van der Waals surface area contributed by atoms with Crippen molar-refractivity contribution in [3.8, 4) is 5.75 Å². The lowest BCUT2D eigenvalue weighted by Crippen LogP contribution is -2.48. The molecule has 0 spiro atoms. The lowest BCUT2D eigenvalue weighted by Gasteiger charge is -2.34. The maximum atomic E-state index is 12.1. The van der Waals surface area contributed by atoms with Crippen LogP contribution in [0.3, 0.4) is 0 Å². The van der Waals surface area contributed by atoms with Gasteiger partial charge in [0, 0.05) is 56.3 Å². The van der Waals surface area contributed by atoms with Gasteiger partial charge in [0.2, 0.25) is 5.91 Å². The number of benzene rings is 2. The Morgan fingerprint density at radius 2 is 1.94 bits per heavy atom. The quantitative estimate of drug-likeness (QED) is 0.450. The lowest BCUT2D eigenvalue weighted by atomic mass is 10.3. The number of nitrogens with one attached hydrogen (secondary N) is 1. The molecule has 3 aromatic rings. The molecule has 2 heterocycles. The molecule has 1 fully saturated rings. The summed E-state index contributed by atoms with van der Waals surface area (Å²) < 4.78 is 6.90. The molecular formula is C24H30N4O2S2. The summed E-state index contributed by atoms with van der Waals surface area (Å²) in [4.78, 5) is 22.9. The van der Waals surface area contributed by atoms with E-state index in [0.29, 0.717) is 19.6 Å². The van der Waals surface area contributed by atoms with E-state index >= 15 is 0 Å². The van der Waals surface area contributed by atoms with Gasteiger partial charge in [-0.25, -0.2) is 4.98 Å². The van der Waals surface area contributed by atoms with Crippen LogP contribution in [0, 0.1) is 0 Å². The molecule has 8 heteroatoms. The topological polar surface area (TPSA) is 57.7 Å². The number of carbonyl (C=O) groups excluding carboxylic acids is 1. The summed E-state index contributed by atoms with van der Waals surface area (Å²) in [5, 5.41) is 4.13. The van der Waals surface area contributed by atoms with Crippen molar-refractivity contribution in [2.24, 2.45) is 0 Å². The predicted molar refractivity (Wildman–Crippen MR) is 134 cm³/mol. The number of nitrogens with zero attached hydrogens (tertiary/aromatic N) is 3. The third-order valence-corrected chi connectivity index (χ3v) is 7.50. The molecular weight excluding hydrogens is 440 g/mol. The maximum absolute atomic E-state index is 12.1. The fourth-order valence-electron chi connectivity index (χ4n) is 3.70. The van der Waals surface area contributed by atoms with E-state index < -0.39 is 0 Å². The summed E-state index contributed by atoms with van der Waals surface area (Å²) in [6, 6.07) is 16.3. The normalized spacial score (nSPS) is 14.6. The number of para-hydroxylation sites is 1. The van der Waals surface area contributed by atoms with Gasteiger partial charge in [-0.2, -0.15) is 0 Å². The van der Waals surface area contributed by atoms with Gasteiger partial charge in [0.1, 0.15) is 11.3 Å². The number of amides is 1. The van der Waals surface area contributed by atoms with Gasteiger partial charge in [0.15, 0.2) is 5.13 Å². The van der Waals surface area contributed by atoms with Crippen molar-refractivity contribution in [3.63, 3.8) is 0 Å². The highest BCUT2D eigenvalue weighted by Gasteiger charge is 2.20. The summed E-state index contributed by atoms with van der Waals surface area (Å²) >= 11 is 3.45. The molecule has 0 saturated carbocycles. The number of thiazole rings is 1. The number of anilines is 1. The van der Waals surface area contributed by atoms with Crippen molar-refractivity contribution in [2.75, 3.05) is 56.5 Å². The zero-order valence-electron chi connectivity index (χ0n) is 18.5. The van der Waals surface area contributed by atoms with Gasteiger partial charge in [-0.1, -0.05) is 35.6 Å². The first-order chi connectivity index (χ1) is 15.7. The molecule has 1 N–H and O–H groups in total. The van der Waals surface area contributed by atoms with Crippen molar-refractivity contribution in [1.29, 1.82) is 0 Å². The number of thioether (sulfide) groups is 1. The van der Waals surface area contributed by atoms with Crippen molar-refractivity contribution in [2.45, 2.75) is 18.2 Å². The molecule has 1 aromatic heterocycles. The fraction of sp³-hybridized carbons (Fsp3) is 0.417. The molecule has 6 nitrogen and oxygen atoms in total. The number of aromatic nitrogens is 1. The number of carbonyl (C=O) groups is 1. The predicted octanol–water partition coefficient (Wildman–Crippen LogP) is 4.12. The molecule has 4 rings (SSSR count). The van der Waals surface area contributed by atoms with Crippen molar-refractivity contribution in [3.05, 3.63) is 48.5 Å². The molecule has 1 amide bonds. The molecule has 1 aliphatic rings. The first-order valence-electron chi connectivity index (χ1n) is 11.2. The van der Waals surface area contributed by atoms with Crippen LogP contribution < -0.4 is 15.0 Å². The average Bonchev–Trinajstić information content (AvgIpc) is 3.26. The zero-order chi connectivity index (χ0) is 22.2. The number of ether oxygens (including phenoxy) is 1. The van der Waals surface area contributed by atoms with Crippen molar-refractivity contribution in [1.82, 2.24) is 15.2 Å². The first kappa shape index (κ1) is 22.9. The van der Waals surface area contributed by atoms with E-state index in [1.165, 1.54) is 9.60 Å². The molecule has 0 bridgehead atoms. The Balaban J connectivity index is 1.16. The molecule has 170 valence electrons. The van der Waals surface area contributed by atoms with E-state index in [0.717, 1.165) is 54.9 Å². The third kappa shape index (κ3) is 6.15. The molecule has 0 atom stereocenters. The van der Waals surface area contributed by atoms with Crippen LogP contribution in [0.4, 0.5) is 5.13 Å². The van der Waals surface area contributed by atoms with Crippen LogP contribution in [0.25, 0.3) is 10.2 Å². The minimum atomic E-state index is 0.131. The van der Waals surface area contributed by atoms with Gasteiger partial charge in [-0.15, -0.1) is 11.8 Å². The van der Waals surface area contributed by atoms with Crippen LogP contribution in [0.5, 0.6) is 5.75 Å². The van der Waals surface area contributed by atoms with E-state index in [1.807, 2.05) is 37.3 Å². The Kier molecular flexibility index (Phi) is 8.25. The molecule has 0 aliphatic carbocycles. The largest absolute Gasteiger partial charge is 0.492 e. The van der Waals surface area contributed by atoms with E-state index in [1.54, 1.807) is 23.1 Å². The van der Waals surface area contributed by atoms with Crippen LogP contribution in [0.1, 0.15) is 13.3 Å². The van der Waals surface area contributed by atoms with Crippen LogP contribution in [0.15, 0.2) is 53.4 Å².